The molecule has 1 N–H and O–H groups in total. The predicted molar refractivity (Wildman–Crippen MR) is 68.8 cm³/mol. The Hall–Kier alpha value is -0.610. The summed E-state index contributed by atoms with van der Waals surface area (Å²) in [5, 5.41) is 8.91. The average Bonchev–Trinajstić information content (AvgIpc) is 2.37. The minimum atomic E-state index is -0.130. The van der Waals surface area contributed by atoms with Crippen LogP contribution in [0.4, 0.5) is 0 Å². The smallest absolute Gasteiger partial charge is 0.239 e. The molecule has 1 saturated heterocycles. The first-order valence-electron chi connectivity index (χ1n) is 6.73. The maximum atomic E-state index is 12.4. The lowest BCUT2D eigenvalue weighted by Gasteiger charge is -2.38. The molecule has 100 valence electrons. The van der Waals surface area contributed by atoms with E-state index in [0.717, 1.165) is 25.8 Å². The normalized spacial score (nSPS) is 22.9. The van der Waals surface area contributed by atoms with Gasteiger partial charge in [-0.2, -0.15) is 0 Å². The SMILES string of the molecule is CCC1CCCCN1C(=O)C(C)N(C)CCO. The minimum absolute atomic E-state index is 0.103. The number of rotatable bonds is 5. The second-order valence-corrected chi connectivity index (χ2v) is 4.97. The highest BCUT2D eigenvalue weighted by Crippen LogP contribution is 2.20. The van der Waals surface area contributed by atoms with Gasteiger partial charge in [0.15, 0.2) is 0 Å². The molecule has 0 aromatic heterocycles. The number of likely N-dealkylation sites (N-methyl/N-ethyl adjacent to an activating group) is 1. The lowest BCUT2D eigenvalue weighted by atomic mass is 9.99. The van der Waals surface area contributed by atoms with E-state index < -0.39 is 0 Å². The first-order chi connectivity index (χ1) is 8.11. The number of hydrogen-bond acceptors (Lipinski definition) is 3. The van der Waals surface area contributed by atoms with Crippen molar-refractivity contribution in [2.45, 2.75) is 51.6 Å². The summed E-state index contributed by atoms with van der Waals surface area (Å²) in [4.78, 5) is 16.4. The monoisotopic (exact) mass is 242 g/mol. The Bertz CT molecular complexity index is 246. The van der Waals surface area contributed by atoms with Gasteiger partial charge in [0, 0.05) is 19.1 Å². The molecule has 2 unspecified atom stereocenters. The molecule has 1 amide bonds. The van der Waals surface area contributed by atoms with Crippen molar-refractivity contribution in [3.8, 4) is 0 Å². The molecule has 1 fully saturated rings. The number of hydrogen-bond donors (Lipinski definition) is 1. The molecule has 17 heavy (non-hydrogen) atoms. The van der Waals surface area contributed by atoms with Crippen molar-refractivity contribution in [3.63, 3.8) is 0 Å². The number of nitrogens with zero attached hydrogens (tertiary/aromatic N) is 2. The number of aliphatic hydroxyl groups is 1. The third kappa shape index (κ3) is 3.68. The summed E-state index contributed by atoms with van der Waals surface area (Å²) in [6, 6.07) is 0.288. The van der Waals surface area contributed by atoms with Crippen LogP contribution in [0.25, 0.3) is 0 Å². The van der Waals surface area contributed by atoms with Crippen molar-refractivity contribution in [2.75, 3.05) is 26.7 Å². The van der Waals surface area contributed by atoms with Crippen LogP contribution in [-0.2, 0) is 4.79 Å². The number of carbonyl (C=O) groups is 1. The second kappa shape index (κ2) is 6.97. The standard InChI is InChI=1S/C13H26N2O2/c1-4-12-7-5-6-8-15(12)13(17)11(2)14(3)9-10-16/h11-12,16H,4-10H2,1-3H3. The van der Waals surface area contributed by atoms with Gasteiger partial charge in [-0.3, -0.25) is 9.69 Å². The van der Waals surface area contributed by atoms with Crippen LogP contribution in [0.2, 0.25) is 0 Å². The van der Waals surface area contributed by atoms with E-state index in [2.05, 4.69) is 6.92 Å². The van der Waals surface area contributed by atoms with E-state index in [4.69, 9.17) is 5.11 Å². The molecule has 0 saturated carbocycles. The van der Waals surface area contributed by atoms with Crippen LogP contribution in [0.5, 0.6) is 0 Å². The second-order valence-electron chi connectivity index (χ2n) is 4.97. The molecule has 1 heterocycles. The number of aliphatic hydroxyl groups excluding tert-OH is 1. The molecule has 0 aromatic rings. The van der Waals surface area contributed by atoms with Crippen LogP contribution in [-0.4, -0.2) is 59.6 Å². The van der Waals surface area contributed by atoms with Crippen molar-refractivity contribution in [1.29, 1.82) is 0 Å². The number of amides is 1. The van der Waals surface area contributed by atoms with Crippen molar-refractivity contribution < 1.29 is 9.90 Å². The Morgan fingerprint density at radius 1 is 1.53 bits per heavy atom. The van der Waals surface area contributed by atoms with Gasteiger partial charge >= 0.3 is 0 Å². The highest BCUT2D eigenvalue weighted by Gasteiger charge is 2.29. The van der Waals surface area contributed by atoms with Gasteiger partial charge in [-0.05, 0) is 39.7 Å². The molecule has 1 aliphatic rings. The Kier molecular flexibility index (Phi) is 5.92. The van der Waals surface area contributed by atoms with Gasteiger partial charge < -0.3 is 10.0 Å². The molecule has 0 radical (unpaired) electrons. The van der Waals surface area contributed by atoms with Crippen molar-refractivity contribution in [1.82, 2.24) is 9.80 Å². The molecule has 2 atom stereocenters. The van der Waals surface area contributed by atoms with Gasteiger partial charge in [0.25, 0.3) is 0 Å². The summed E-state index contributed by atoms with van der Waals surface area (Å²) in [7, 11) is 1.89. The fraction of sp³-hybridized carbons (Fsp3) is 0.923. The van der Waals surface area contributed by atoms with Gasteiger partial charge in [-0.25, -0.2) is 0 Å². The van der Waals surface area contributed by atoms with E-state index in [0.29, 0.717) is 12.6 Å². The van der Waals surface area contributed by atoms with Crippen molar-refractivity contribution in [3.05, 3.63) is 0 Å². The topological polar surface area (TPSA) is 43.8 Å². The largest absolute Gasteiger partial charge is 0.395 e. The van der Waals surface area contributed by atoms with Crippen LogP contribution in [0.3, 0.4) is 0 Å². The Morgan fingerprint density at radius 3 is 2.82 bits per heavy atom. The average molecular weight is 242 g/mol. The summed E-state index contributed by atoms with van der Waals surface area (Å²) in [5.74, 6) is 0.215. The molecule has 0 aromatic carbocycles. The van der Waals surface area contributed by atoms with E-state index in [1.165, 1.54) is 6.42 Å². The van der Waals surface area contributed by atoms with E-state index in [1.54, 1.807) is 0 Å². The van der Waals surface area contributed by atoms with E-state index in [1.807, 2.05) is 23.8 Å². The summed E-state index contributed by atoms with van der Waals surface area (Å²) in [5.41, 5.74) is 0. The van der Waals surface area contributed by atoms with E-state index in [9.17, 15) is 4.79 Å². The van der Waals surface area contributed by atoms with Crippen LogP contribution in [0.1, 0.15) is 39.5 Å². The molecule has 4 heteroatoms. The first-order valence-corrected chi connectivity index (χ1v) is 6.73. The maximum Gasteiger partial charge on any atom is 0.239 e. The molecule has 1 aliphatic heterocycles. The highest BCUT2D eigenvalue weighted by atomic mass is 16.3. The van der Waals surface area contributed by atoms with Crippen molar-refractivity contribution in [2.24, 2.45) is 0 Å². The maximum absolute atomic E-state index is 12.4. The van der Waals surface area contributed by atoms with Gasteiger partial charge in [-0.15, -0.1) is 0 Å². The Labute approximate surface area is 105 Å². The summed E-state index contributed by atoms with van der Waals surface area (Å²) in [6.07, 6.45) is 4.54. The third-order valence-corrected chi connectivity index (χ3v) is 3.85. The van der Waals surface area contributed by atoms with Crippen LogP contribution >= 0.6 is 0 Å². The van der Waals surface area contributed by atoms with Crippen molar-refractivity contribution >= 4 is 5.91 Å². The van der Waals surface area contributed by atoms with E-state index >= 15 is 0 Å². The fourth-order valence-electron chi connectivity index (χ4n) is 2.50. The zero-order valence-electron chi connectivity index (χ0n) is 11.4. The lowest BCUT2D eigenvalue weighted by Crippen LogP contribution is -2.51. The van der Waals surface area contributed by atoms with Gasteiger partial charge in [0.05, 0.1) is 12.6 Å². The molecule has 0 spiro atoms. The summed E-state index contributed by atoms with van der Waals surface area (Å²) in [6.45, 7) is 5.63. The Morgan fingerprint density at radius 2 is 2.24 bits per heavy atom. The third-order valence-electron chi connectivity index (χ3n) is 3.85. The quantitative estimate of drug-likeness (QED) is 0.785. The molecular weight excluding hydrogens is 216 g/mol. The fourth-order valence-corrected chi connectivity index (χ4v) is 2.50. The molecular formula is C13H26N2O2. The summed E-state index contributed by atoms with van der Waals surface area (Å²) < 4.78 is 0. The zero-order chi connectivity index (χ0) is 12.8. The zero-order valence-corrected chi connectivity index (χ0v) is 11.4. The lowest BCUT2D eigenvalue weighted by molar-refractivity contribution is -0.139. The van der Waals surface area contributed by atoms with Crippen LogP contribution in [0.15, 0.2) is 0 Å². The van der Waals surface area contributed by atoms with Gasteiger partial charge in [-0.1, -0.05) is 6.92 Å². The number of likely N-dealkylation sites (tertiary alicyclic amines) is 1. The minimum Gasteiger partial charge on any atom is -0.395 e. The number of piperidine rings is 1. The Balaban J connectivity index is 2.60. The van der Waals surface area contributed by atoms with Crippen LogP contribution < -0.4 is 0 Å². The number of carbonyl (C=O) groups excluding carboxylic acids is 1. The highest BCUT2D eigenvalue weighted by molar-refractivity contribution is 5.81. The molecule has 1 rings (SSSR count). The van der Waals surface area contributed by atoms with Crippen LogP contribution in [0, 0.1) is 0 Å². The molecule has 0 aliphatic carbocycles. The predicted octanol–water partition coefficient (Wildman–Crippen LogP) is 1.09. The van der Waals surface area contributed by atoms with Gasteiger partial charge in [0.1, 0.15) is 0 Å². The summed E-state index contributed by atoms with van der Waals surface area (Å²) >= 11 is 0. The van der Waals surface area contributed by atoms with E-state index in [-0.39, 0.29) is 18.6 Å². The van der Waals surface area contributed by atoms with Gasteiger partial charge in [0.2, 0.25) is 5.91 Å². The molecule has 0 bridgehead atoms. The first kappa shape index (κ1) is 14.5. The molecule has 4 nitrogen and oxygen atoms in total.